The number of benzene rings is 2. The first kappa shape index (κ1) is 27.3. The van der Waals surface area contributed by atoms with Crippen molar-refractivity contribution in [3.8, 4) is 0 Å². The molecule has 2 amide bonds. The van der Waals surface area contributed by atoms with Gasteiger partial charge in [-0.05, 0) is 50.1 Å². The van der Waals surface area contributed by atoms with Crippen molar-refractivity contribution in [3.63, 3.8) is 0 Å². The maximum atomic E-state index is 13.5. The number of aromatic amines is 1. The largest absolute Gasteiger partial charge is 0.355 e. The fourth-order valence-corrected chi connectivity index (χ4v) is 5.17. The third-order valence-electron chi connectivity index (χ3n) is 7.39. The van der Waals surface area contributed by atoms with Gasteiger partial charge in [-0.3, -0.25) is 14.5 Å². The molecule has 1 aliphatic rings. The molecule has 0 bridgehead atoms. The Labute approximate surface area is 235 Å². The topological polar surface area (TPSA) is 97.5 Å². The van der Waals surface area contributed by atoms with Crippen LogP contribution in [0.2, 0.25) is 0 Å². The molecule has 0 aliphatic carbocycles. The van der Waals surface area contributed by atoms with E-state index in [0.717, 1.165) is 43.5 Å². The van der Waals surface area contributed by atoms with Crippen LogP contribution in [0.5, 0.6) is 0 Å². The van der Waals surface area contributed by atoms with Crippen molar-refractivity contribution in [2.45, 2.75) is 26.7 Å². The second kappa shape index (κ2) is 12.7. The quantitative estimate of drug-likeness (QED) is 0.317. The lowest BCUT2D eigenvalue weighted by atomic mass is 10.1. The van der Waals surface area contributed by atoms with E-state index in [9.17, 15) is 9.59 Å². The van der Waals surface area contributed by atoms with E-state index in [1.54, 1.807) is 0 Å². The van der Waals surface area contributed by atoms with E-state index in [1.807, 2.05) is 46.2 Å². The Morgan fingerprint density at radius 1 is 1.00 bits per heavy atom. The standard InChI is InChI=1S/C31H37N7O2/c1-23-10-12-25(13-11-23)7-6-15-36-17-19-37(20-18-36)31(40)28-21-27-29(35-28)33-22-34-30(27)38(16-14-32-24(2)39)26-8-4-3-5-9-26/h3-5,8-13,21-22H,6-7,14-20H2,1-2H3,(H,32,39)(H,33,34,35). The third kappa shape index (κ3) is 6.66. The molecule has 0 unspecified atom stereocenters. The molecule has 1 aliphatic heterocycles. The lowest BCUT2D eigenvalue weighted by Gasteiger charge is -2.34. The van der Waals surface area contributed by atoms with Crippen LogP contribution in [-0.2, 0) is 11.2 Å². The first-order chi connectivity index (χ1) is 19.5. The van der Waals surface area contributed by atoms with Crippen molar-refractivity contribution in [1.29, 1.82) is 0 Å². The lowest BCUT2D eigenvalue weighted by Crippen LogP contribution is -2.49. The summed E-state index contributed by atoms with van der Waals surface area (Å²) in [5.74, 6) is 0.588. The van der Waals surface area contributed by atoms with Crippen molar-refractivity contribution >= 4 is 34.4 Å². The van der Waals surface area contributed by atoms with Crippen molar-refractivity contribution in [2.75, 3.05) is 50.7 Å². The van der Waals surface area contributed by atoms with Gasteiger partial charge >= 0.3 is 0 Å². The smallest absolute Gasteiger partial charge is 0.270 e. The maximum Gasteiger partial charge on any atom is 0.270 e. The van der Waals surface area contributed by atoms with E-state index in [0.29, 0.717) is 43.3 Å². The molecule has 2 aromatic heterocycles. The van der Waals surface area contributed by atoms with Crippen LogP contribution in [-0.4, -0.2) is 82.4 Å². The summed E-state index contributed by atoms with van der Waals surface area (Å²) in [6.45, 7) is 8.78. The highest BCUT2D eigenvalue weighted by Crippen LogP contribution is 2.30. The van der Waals surface area contributed by atoms with E-state index < -0.39 is 0 Å². The van der Waals surface area contributed by atoms with Gasteiger partial charge in [0.25, 0.3) is 5.91 Å². The third-order valence-corrected chi connectivity index (χ3v) is 7.39. The second-order valence-corrected chi connectivity index (χ2v) is 10.3. The minimum Gasteiger partial charge on any atom is -0.355 e. The van der Waals surface area contributed by atoms with Gasteiger partial charge in [0.1, 0.15) is 23.5 Å². The molecule has 0 spiro atoms. The molecule has 0 saturated carbocycles. The van der Waals surface area contributed by atoms with Crippen LogP contribution in [0, 0.1) is 6.92 Å². The van der Waals surface area contributed by atoms with Gasteiger partial charge in [0.05, 0.1) is 5.39 Å². The van der Waals surface area contributed by atoms with Gasteiger partial charge in [-0.1, -0.05) is 48.0 Å². The molecular weight excluding hydrogens is 502 g/mol. The molecule has 9 nitrogen and oxygen atoms in total. The fraction of sp³-hybridized carbons (Fsp3) is 0.355. The number of nitrogens with one attached hydrogen (secondary N) is 2. The summed E-state index contributed by atoms with van der Waals surface area (Å²) < 4.78 is 0. The molecule has 0 atom stereocenters. The number of hydrogen-bond donors (Lipinski definition) is 2. The number of carbonyl (C=O) groups is 2. The van der Waals surface area contributed by atoms with Gasteiger partial charge in [-0.25, -0.2) is 9.97 Å². The number of piperazine rings is 1. The Bertz CT molecular complexity index is 1430. The van der Waals surface area contributed by atoms with Crippen LogP contribution in [0.1, 0.15) is 35.0 Å². The number of hydrogen-bond acceptors (Lipinski definition) is 6. The zero-order valence-corrected chi connectivity index (χ0v) is 23.3. The van der Waals surface area contributed by atoms with Crippen molar-refractivity contribution in [1.82, 2.24) is 30.1 Å². The van der Waals surface area contributed by atoms with Gasteiger partial charge in [-0.15, -0.1) is 0 Å². The number of aromatic nitrogens is 3. The van der Waals surface area contributed by atoms with E-state index in [-0.39, 0.29) is 11.8 Å². The van der Waals surface area contributed by atoms with Crippen LogP contribution in [0.15, 0.2) is 67.0 Å². The van der Waals surface area contributed by atoms with Crippen molar-refractivity contribution in [3.05, 3.63) is 83.8 Å². The van der Waals surface area contributed by atoms with Crippen molar-refractivity contribution < 1.29 is 9.59 Å². The van der Waals surface area contributed by atoms with Gasteiger partial charge in [-0.2, -0.15) is 0 Å². The van der Waals surface area contributed by atoms with Crippen LogP contribution in [0.25, 0.3) is 11.0 Å². The number of H-pyrrole nitrogens is 1. The van der Waals surface area contributed by atoms with Crippen molar-refractivity contribution in [2.24, 2.45) is 0 Å². The Morgan fingerprint density at radius 2 is 1.75 bits per heavy atom. The molecule has 2 N–H and O–H groups in total. The minimum atomic E-state index is -0.0817. The summed E-state index contributed by atoms with van der Waals surface area (Å²) in [5.41, 5.74) is 4.74. The molecule has 1 fully saturated rings. The van der Waals surface area contributed by atoms with Gasteiger partial charge in [0.2, 0.25) is 5.91 Å². The molecule has 0 radical (unpaired) electrons. The summed E-state index contributed by atoms with van der Waals surface area (Å²) in [4.78, 5) is 43.6. The summed E-state index contributed by atoms with van der Waals surface area (Å²) in [6.07, 6.45) is 3.69. The highest BCUT2D eigenvalue weighted by molar-refractivity contribution is 6.00. The number of rotatable bonds is 10. The highest BCUT2D eigenvalue weighted by atomic mass is 16.2. The van der Waals surface area contributed by atoms with Gasteiger partial charge in [0.15, 0.2) is 0 Å². The minimum absolute atomic E-state index is 0.0206. The van der Waals surface area contributed by atoms with Crippen LogP contribution >= 0.6 is 0 Å². The van der Waals surface area contributed by atoms with E-state index in [4.69, 9.17) is 0 Å². The molecule has 1 saturated heterocycles. The molecule has 3 heterocycles. The second-order valence-electron chi connectivity index (χ2n) is 10.3. The molecule has 5 rings (SSSR count). The predicted molar refractivity (Wildman–Crippen MR) is 158 cm³/mol. The van der Waals surface area contributed by atoms with Crippen LogP contribution in [0.3, 0.4) is 0 Å². The predicted octanol–water partition coefficient (Wildman–Crippen LogP) is 3.93. The molecule has 2 aromatic carbocycles. The Balaban J connectivity index is 1.24. The zero-order chi connectivity index (χ0) is 27.9. The monoisotopic (exact) mass is 539 g/mol. The Morgan fingerprint density at radius 3 is 2.48 bits per heavy atom. The first-order valence-corrected chi connectivity index (χ1v) is 14.0. The lowest BCUT2D eigenvalue weighted by molar-refractivity contribution is -0.118. The number of anilines is 2. The number of amides is 2. The number of carbonyl (C=O) groups excluding carboxylic acids is 2. The summed E-state index contributed by atoms with van der Waals surface area (Å²) >= 11 is 0. The fourth-order valence-electron chi connectivity index (χ4n) is 5.17. The normalized spacial score (nSPS) is 13.9. The van der Waals surface area contributed by atoms with Gasteiger partial charge in [0, 0.05) is 51.9 Å². The van der Waals surface area contributed by atoms with Gasteiger partial charge < -0.3 is 20.1 Å². The SMILES string of the molecule is CC(=O)NCCN(c1ccccc1)c1ncnc2[nH]c(C(=O)N3CCN(CCCc4ccc(C)cc4)CC3)cc12. The molecule has 4 aromatic rings. The molecule has 40 heavy (non-hydrogen) atoms. The number of fused-ring (bicyclic) bond motifs is 1. The maximum absolute atomic E-state index is 13.5. The summed E-state index contributed by atoms with van der Waals surface area (Å²) in [6, 6.07) is 20.5. The average molecular weight is 540 g/mol. The average Bonchev–Trinajstić information content (AvgIpc) is 3.42. The summed E-state index contributed by atoms with van der Waals surface area (Å²) in [7, 11) is 0. The van der Waals surface area contributed by atoms with E-state index in [1.165, 1.54) is 24.4 Å². The van der Waals surface area contributed by atoms with E-state index >= 15 is 0 Å². The number of para-hydroxylation sites is 1. The van der Waals surface area contributed by atoms with Crippen LogP contribution in [0.4, 0.5) is 11.5 Å². The molecule has 208 valence electrons. The highest BCUT2D eigenvalue weighted by Gasteiger charge is 2.25. The molecule has 9 heteroatoms. The zero-order valence-electron chi connectivity index (χ0n) is 23.3. The first-order valence-electron chi connectivity index (χ1n) is 14.0. The number of nitrogens with zero attached hydrogens (tertiary/aromatic N) is 5. The summed E-state index contributed by atoms with van der Waals surface area (Å²) in [5, 5.41) is 3.63. The van der Waals surface area contributed by atoms with E-state index in [2.05, 4.69) is 56.4 Å². The molecular formula is C31H37N7O2. The number of aryl methyl sites for hydroxylation is 2. The Kier molecular flexibility index (Phi) is 8.71. The van der Waals surface area contributed by atoms with Crippen LogP contribution < -0.4 is 10.2 Å². The Hall–Kier alpha value is -4.24.